The number of nitrogens with one attached hydrogen (secondary N) is 1. The van der Waals surface area contributed by atoms with Crippen LogP contribution in [0.15, 0.2) is 84.9 Å². The Morgan fingerprint density at radius 1 is 0.897 bits per heavy atom. The number of esters is 1. The van der Waals surface area contributed by atoms with Crippen molar-refractivity contribution in [2.45, 2.75) is 20.0 Å². The molecule has 4 heteroatoms. The van der Waals surface area contributed by atoms with E-state index in [0.717, 1.165) is 22.3 Å². The van der Waals surface area contributed by atoms with Crippen LogP contribution < -0.4 is 5.32 Å². The summed E-state index contributed by atoms with van der Waals surface area (Å²) in [5, 5.41) is 2.85. The van der Waals surface area contributed by atoms with E-state index in [1.165, 1.54) is 6.08 Å². The zero-order chi connectivity index (χ0) is 20.6. The molecule has 4 nitrogen and oxygen atoms in total. The topological polar surface area (TPSA) is 55.4 Å². The summed E-state index contributed by atoms with van der Waals surface area (Å²) in [6.45, 7) is 3.55. The number of aryl methyl sites for hydroxylation is 1. The van der Waals surface area contributed by atoms with Crippen molar-refractivity contribution < 1.29 is 14.3 Å². The fraction of sp³-hybridized carbons (Fsp3) is 0.120. The lowest BCUT2D eigenvalue weighted by Crippen LogP contribution is -2.29. The number of ether oxygens (including phenoxy) is 1. The Bertz CT molecular complexity index is 1010. The highest BCUT2D eigenvalue weighted by molar-refractivity contribution is 5.99. The second-order valence-corrected chi connectivity index (χ2v) is 6.72. The molecule has 0 aromatic heterocycles. The molecule has 0 saturated carbocycles. The molecule has 1 unspecified atom stereocenters. The fourth-order valence-electron chi connectivity index (χ4n) is 2.80. The maximum Gasteiger partial charge on any atom is 0.331 e. The summed E-state index contributed by atoms with van der Waals surface area (Å²) in [6, 6.07) is 25.1. The van der Waals surface area contributed by atoms with E-state index in [1.807, 2.05) is 85.8 Å². The van der Waals surface area contributed by atoms with Gasteiger partial charge in [0, 0.05) is 17.3 Å². The highest BCUT2D eigenvalue weighted by Gasteiger charge is 2.18. The van der Waals surface area contributed by atoms with Crippen LogP contribution in [-0.4, -0.2) is 18.0 Å². The van der Waals surface area contributed by atoms with Gasteiger partial charge < -0.3 is 10.1 Å². The van der Waals surface area contributed by atoms with Gasteiger partial charge >= 0.3 is 5.97 Å². The molecule has 0 fully saturated rings. The highest BCUT2D eigenvalue weighted by atomic mass is 16.5. The van der Waals surface area contributed by atoms with E-state index < -0.39 is 12.1 Å². The first-order chi connectivity index (χ1) is 14.0. The lowest BCUT2D eigenvalue weighted by atomic mass is 10.0. The minimum absolute atomic E-state index is 0.384. The number of benzene rings is 3. The predicted octanol–water partition coefficient (Wildman–Crippen LogP) is 5.25. The lowest BCUT2D eigenvalue weighted by molar-refractivity contribution is -0.148. The van der Waals surface area contributed by atoms with E-state index >= 15 is 0 Å². The Labute approximate surface area is 170 Å². The van der Waals surface area contributed by atoms with Gasteiger partial charge in [-0.05, 0) is 37.1 Å². The number of hydrogen-bond acceptors (Lipinski definition) is 3. The molecule has 0 bridgehead atoms. The molecule has 0 aliphatic rings. The van der Waals surface area contributed by atoms with Gasteiger partial charge in [-0.15, -0.1) is 0 Å². The normalized spacial score (nSPS) is 11.8. The van der Waals surface area contributed by atoms with Crippen molar-refractivity contribution in [3.63, 3.8) is 0 Å². The van der Waals surface area contributed by atoms with Crippen molar-refractivity contribution in [3.05, 3.63) is 96.1 Å². The van der Waals surface area contributed by atoms with Crippen LogP contribution in [0.2, 0.25) is 0 Å². The highest BCUT2D eigenvalue weighted by Crippen LogP contribution is 2.27. The summed E-state index contributed by atoms with van der Waals surface area (Å²) < 4.78 is 5.24. The summed E-state index contributed by atoms with van der Waals surface area (Å²) in [5.41, 5.74) is 4.60. The average molecular weight is 385 g/mol. The van der Waals surface area contributed by atoms with Crippen molar-refractivity contribution >= 4 is 23.6 Å². The van der Waals surface area contributed by atoms with Gasteiger partial charge in [-0.25, -0.2) is 4.79 Å². The third-order valence-electron chi connectivity index (χ3n) is 4.42. The number of anilines is 1. The molecule has 1 atom stereocenters. The van der Waals surface area contributed by atoms with Crippen molar-refractivity contribution in [1.82, 2.24) is 0 Å². The summed E-state index contributed by atoms with van der Waals surface area (Å²) in [6.07, 6.45) is 2.07. The van der Waals surface area contributed by atoms with Crippen LogP contribution >= 0.6 is 0 Å². The molecule has 1 amide bonds. The van der Waals surface area contributed by atoms with Gasteiger partial charge in [0.05, 0.1) is 0 Å². The molecule has 3 aromatic rings. The maximum atomic E-state index is 12.5. The standard InChI is InChI=1S/C25H23NO3/c1-18-12-14-20(15-13-18)16-17-24(27)29-19(2)25(28)26-23-11-7-6-10-22(23)21-8-4-3-5-9-21/h3-17,19H,1-2H3,(H,26,28)/b17-16+. The van der Waals surface area contributed by atoms with Crippen LogP contribution in [0.3, 0.4) is 0 Å². The van der Waals surface area contributed by atoms with Crippen LogP contribution in [0.25, 0.3) is 17.2 Å². The average Bonchev–Trinajstić information content (AvgIpc) is 2.74. The number of carbonyl (C=O) groups is 2. The van der Waals surface area contributed by atoms with Crippen molar-refractivity contribution in [2.75, 3.05) is 5.32 Å². The van der Waals surface area contributed by atoms with E-state index in [4.69, 9.17) is 4.74 Å². The van der Waals surface area contributed by atoms with E-state index in [1.54, 1.807) is 13.0 Å². The van der Waals surface area contributed by atoms with Crippen LogP contribution in [0.5, 0.6) is 0 Å². The van der Waals surface area contributed by atoms with E-state index in [9.17, 15) is 9.59 Å². The Morgan fingerprint density at radius 3 is 2.28 bits per heavy atom. The Kier molecular flexibility index (Phi) is 6.59. The van der Waals surface area contributed by atoms with Crippen LogP contribution in [0.1, 0.15) is 18.1 Å². The first-order valence-corrected chi connectivity index (χ1v) is 9.43. The molecule has 3 rings (SSSR count). The molecule has 1 N–H and O–H groups in total. The number of amides is 1. The lowest BCUT2D eigenvalue weighted by Gasteiger charge is -2.15. The zero-order valence-corrected chi connectivity index (χ0v) is 16.5. The molecule has 146 valence electrons. The maximum absolute atomic E-state index is 12.5. The van der Waals surface area contributed by atoms with Gasteiger partial charge in [0.25, 0.3) is 5.91 Å². The van der Waals surface area contributed by atoms with E-state index in [-0.39, 0.29) is 5.91 Å². The SMILES string of the molecule is Cc1ccc(/C=C/C(=O)OC(C)C(=O)Nc2ccccc2-c2ccccc2)cc1. The smallest absolute Gasteiger partial charge is 0.331 e. The summed E-state index contributed by atoms with van der Waals surface area (Å²) >= 11 is 0. The fourth-order valence-corrected chi connectivity index (χ4v) is 2.80. The summed E-state index contributed by atoms with van der Waals surface area (Å²) in [7, 11) is 0. The van der Waals surface area contributed by atoms with E-state index in [2.05, 4.69) is 5.32 Å². The molecule has 0 aliphatic heterocycles. The third kappa shape index (κ3) is 5.66. The number of rotatable bonds is 6. The van der Waals surface area contributed by atoms with Crippen molar-refractivity contribution in [3.8, 4) is 11.1 Å². The van der Waals surface area contributed by atoms with Crippen LogP contribution in [0, 0.1) is 6.92 Å². The molecular formula is C25H23NO3. The quantitative estimate of drug-likeness (QED) is 0.466. The van der Waals surface area contributed by atoms with Gasteiger partial charge in [-0.3, -0.25) is 4.79 Å². The molecule has 29 heavy (non-hydrogen) atoms. The van der Waals surface area contributed by atoms with Crippen LogP contribution in [-0.2, 0) is 14.3 Å². The first-order valence-electron chi connectivity index (χ1n) is 9.43. The van der Waals surface area contributed by atoms with Crippen molar-refractivity contribution in [1.29, 1.82) is 0 Å². The van der Waals surface area contributed by atoms with Crippen molar-refractivity contribution in [2.24, 2.45) is 0 Å². The van der Waals surface area contributed by atoms with Gasteiger partial charge in [0.1, 0.15) is 0 Å². The molecule has 0 saturated heterocycles. The molecule has 0 aliphatic carbocycles. The number of hydrogen-bond donors (Lipinski definition) is 1. The Morgan fingerprint density at radius 2 is 1.55 bits per heavy atom. The Balaban J connectivity index is 1.62. The summed E-state index contributed by atoms with van der Waals surface area (Å²) in [5.74, 6) is -0.949. The molecule has 0 spiro atoms. The van der Waals surface area contributed by atoms with Gasteiger partial charge in [-0.2, -0.15) is 0 Å². The van der Waals surface area contributed by atoms with Crippen LogP contribution in [0.4, 0.5) is 5.69 Å². The first kappa shape index (κ1) is 20.1. The number of carbonyl (C=O) groups excluding carboxylic acids is 2. The minimum Gasteiger partial charge on any atom is -0.449 e. The largest absolute Gasteiger partial charge is 0.449 e. The minimum atomic E-state index is -0.922. The van der Waals surface area contributed by atoms with Gasteiger partial charge in [-0.1, -0.05) is 78.4 Å². The predicted molar refractivity (Wildman–Crippen MR) is 116 cm³/mol. The number of para-hydroxylation sites is 1. The summed E-state index contributed by atoms with van der Waals surface area (Å²) in [4.78, 5) is 24.6. The second kappa shape index (κ2) is 9.51. The van der Waals surface area contributed by atoms with Gasteiger partial charge in [0.15, 0.2) is 6.10 Å². The third-order valence-corrected chi connectivity index (χ3v) is 4.42. The molecular weight excluding hydrogens is 362 g/mol. The Hall–Kier alpha value is -3.66. The zero-order valence-electron chi connectivity index (χ0n) is 16.5. The molecule has 0 heterocycles. The monoisotopic (exact) mass is 385 g/mol. The molecule has 0 radical (unpaired) electrons. The molecule has 3 aromatic carbocycles. The second-order valence-electron chi connectivity index (χ2n) is 6.72. The van der Waals surface area contributed by atoms with Gasteiger partial charge in [0.2, 0.25) is 0 Å². The van der Waals surface area contributed by atoms with E-state index in [0.29, 0.717) is 5.69 Å².